The van der Waals surface area contributed by atoms with Crippen molar-refractivity contribution < 1.29 is 13.2 Å². The molecule has 0 saturated carbocycles. The van der Waals surface area contributed by atoms with E-state index in [0.29, 0.717) is 0 Å². The summed E-state index contributed by atoms with van der Waals surface area (Å²) in [6.45, 7) is 3.17. The van der Waals surface area contributed by atoms with Crippen molar-refractivity contribution in [2.24, 2.45) is 11.7 Å². The number of hydrogen-bond donors (Lipinski definition) is 2. The van der Waals surface area contributed by atoms with E-state index in [1.54, 1.807) is 6.92 Å². The van der Waals surface area contributed by atoms with Crippen LogP contribution in [0.25, 0.3) is 0 Å². The first kappa shape index (κ1) is 16.3. The van der Waals surface area contributed by atoms with Crippen LogP contribution in [0.15, 0.2) is 0 Å². The lowest BCUT2D eigenvalue weighted by atomic mass is 10.2. The Morgan fingerprint density at radius 1 is 1.47 bits per heavy atom. The second-order valence-electron chi connectivity index (χ2n) is 3.89. The lowest BCUT2D eigenvalue weighted by Crippen LogP contribution is -2.44. The van der Waals surface area contributed by atoms with E-state index in [0.717, 1.165) is 4.31 Å². The molecule has 0 heterocycles. The van der Waals surface area contributed by atoms with Crippen molar-refractivity contribution in [3.05, 3.63) is 0 Å². The van der Waals surface area contributed by atoms with Crippen LogP contribution >= 0.6 is 12.2 Å². The highest BCUT2D eigenvalue weighted by molar-refractivity contribution is 7.92. The van der Waals surface area contributed by atoms with Gasteiger partial charge in [0.1, 0.15) is 5.25 Å². The molecule has 0 bridgehead atoms. The fraction of sp³-hybridized carbons (Fsp3) is 0.778. The lowest BCUT2D eigenvalue weighted by Gasteiger charge is -2.23. The highest BCUT2D eigenvalue weighted by Gasteiger charge is 2.29. The molecule has 3 N–H and O–H groups in total. The highest BCUT2D eigenvalue weighted by atomic mass is 32.2. The molecule has 6 nitrogen and oxygen atoms in total. The van der Waals surface area contributed by atoms with Crippen molar-refractivity contribution in [2.75, 3.05) is 20.6 Å². The minimum Gasteiger partial charge on any atom is -0.392 e. The van der Waals surface area contributed by atoms with Crippen molar-refractivity contribution in [2.45, 2.75) is 19.1 Å². The molecular formula is C9H19N3O3S2. The van der Waals surface area contributed by atoms with E-state index >= 15 is 0 Å². The number of nitrogens with two attached hydrogens (primary N) is 1. The number of sulfonamides is 1. The van der Waals surface area contributed by atoms with Crippen LogP contribution in [0.3, 0.4) is 0 Å². The van der Waals surface area contributed by atoms with Crippen LogP contribution in [0.5, 0.6) is 0 Å². The molecule has 2 atom stereocenters. The molecule has 100 valence electrons. The van der Waals surface area contributed by atoms with Gasteiger partial charge in [-0.15, -0.1) is 0 Å². The molecule has 0 aliphatic rings. The first-order valence-electron chi connectivity index (χ1n) is 5.10. The van der Waals surface area contributed by atoms with Gasteiger partial charge in [0.25, 0.3) is 0 Å². The SMILES string of the molecule is CNC(=O)C(C)CN(C)S(=O)(=O)C(C)C(N)=S. The van der Waals surface area contributed by atoms with Gasteiger partial charge in [0.15, 0.2) is 0 Å². The Kier molecular flexibility index (Phi) is 6.00. The van der Waals surface area contributed by atoms with Crippen molar-refractivity contribution in [3.8, 4) is 0 Å². The summed E-state index contributed by atoms with van der Waals surface area (Å²) in [6.07, 6.45) is 0. The van der Waals surface area contributed by atoms with Crippen molar-refractivity contribution in [1.29, 1.82) is 0 Å². The zero-order chi connectivity index (χ0) is 13.8. The van der Waals surface area contributed by atoms with E-state index in [9.17, 15) is 13.2 Å². The second kappa shape index (κ2) is 6.27. The molecule has 0 rings (SSSR count). The molecule has 0 saturated heterocycles. The average Bonchev–Trinajstić information content (AvgIpc) is 2.26. The third-order valence-electron chi connectivity index (χ3n) is 2.51. The maximum Gasteiger partial charge on any atom is 0.223 e. The van der Waals surface area contributed by atoms with E-state index in [-0.39, 0.29) is 17.4 Å². The molecule has 0 fully saturated rings. The van der Waals surface area contributed by atoms with E-state index in [4.69, 9.17) is 5.73 Å². The zero-order valence-corrected chi connectivity index (χ0v) is 12.1. The molecule has 0 aromatic heterocycles. The smallest absolute Gasteiger partial charge is 0.223 e. The first-order chi connectivity index (χ1) is 7.64. The Hall–Kier alpha value is -0.730. The average molecular weight is 281 g/mol. The number of carbonyl (C=O) groups is 1. The van der Waals surface area contributed by atoms with E-state index < -0.39 is 21.2 Å². The predicted octanol–water partition coefficient (Wildman–Crippen LogP) is -0.695. The number of amides is 1. The predicted molar refractivity (Wildman–Crippen MR) is 71.0 cm³/mol. The molecule has 2 unspecified atom stereocenters. The molecule has 0 aromatic carbocycles. The normalized spacial score (nSPS) is 15.4. The maximum atomic E-state index is 11.9. The fourth-order valence-corrected chi connectivity index (χ4v) is 2.87. The van der Waals surface area contributed by atoms with Gasteiger partial charge in [-0.25, -0.2) is 12.7 Å². The van der Waals surface area contributed by atoms with E-state index in [2.05, 4.69) is 17.5 Å². The van der Waals surface area contributed by atoms with Crippen LogP contribution in [0.2, 0.25) is 0 Å². The van der Waals surface area contributed by atoms with Crippen molar-refractivity contribution in [3.63, 3.8) is 0 Å². The lowest BCUT2D eigenvalue weighted by molar-refractivity contribution is -0.124. The summed E-state index contributed by atoms with van der Waals surface area (Å²) >= 11 is 4.67. The van der Waals surface area contributed by atoms with E-state index in [1.165, 1.54) is 21.0 Å². The van der Waals surface area contributed by atoms with E-state index in [1.807, 2.05) is 0 Å². The number of thiocarbonyl (C=S) groups is 1. The number of carbonyl (C=O) groups excluding carboxylic acids is 1. The Morgan fingerprint density at radius 3 is 2.29 bits per heavy atom. The number of rotatable bonds is 6. The first-order valence-corrected chi connectivity index (χ1v) is 7.01. The van der Waals surface area contributed by atoms with Crippen molar-refractivity contribution in [1.82, 2.24) is 9.62 Å². The van der Waals surface area contributed by atoms with Crippen LogP contribution in [0.4, 0.5) is 0 Å². The Morgan fingerprint density at radius 2 is 1.94 bits per heavy atom. The Bertz CT molecular complexity index is 394. The second-order valence-corrected chi connectivity index (χ2v) is 6.72. The highest BCUT2D eigenvalue weighted by Crippen LogP contribution is 2.10. The molecule has 0 aliphatic heterocycles. The molecule has 0 radical (unpaired) electrons. The van der Waals surface area contributed by atoms with Gasteiger partial charge in [-0.3, -0.25) is 4.79 Å². The van der Waals surface area contributed by atoms with Gasteiger partial charge in [-0.05, 0) is 6.92 Å². The van der Waals surface area contributed by atoms with Crippen LogP contribution in [0, 0.1) is 5.92 Å². The quantitative estimate of drug-likeness (QED) is 0.628. The fourth-order valence-electron chi connectivity index (χ4n) is 1.24. The Balaban J connectivity index is 4.77. The summed E-state index contributed by atoms with van der Waals surface area (Å²) in [5.74, 6) is -0.645. The summed E-state index contributed by atoms with van der Waals surface area (Å²) in [5, 5.41) is 1.53. The molecule has 0 aliphatic carbocycles. The van der Waals surface area contributed by atoms with Gasteiger partial charge in [0.2, 0.25) is 15.9 Å². The maximum absolute atomic E-state index is 11.9. The van der Waals surface area contributed by atoms with Crippen LogP contribution in [-0.4, -0.2) is 49.5 Å². The number of nitrogens with zero attached hydrogens (tertiary/aromatic N) is 1. The third-order valence-corrected chi connectivity index (χ3v) is 5.18. The van der Waals surface area contributed by atoms with Gasteiger partial charge >= 0.3 is 0 Å². The van der Waals surface area contributed by atoms with Crippen molar-refractivity contribution >= 4 is 33.1 Å². The summed E-state index contributed by atoms with van der Waals surface area (Å²) in [7, 11) is -0.677. The third kappa shape index (κ3) is 4.21. The van der Waals surface area contributed by atoms with Crippen LogP contribution < -0.4 is 11.1 Å². The minimum atomic E-state index is -3.59. The molecule has 17 heavy (non-hydrogen) atoms. The summed E-state index contributed by atoms with van der Waals surface area (Å²) in [6, 6.07) is 0. The summed E-state index contributed by atoms with van der Waals surface area (Å²) in [5.41, 5.74) is 5.32. The monoisotopic (exact) mass is 281 g/mol. The van der Waals surface area contributed by atoms with Gasteiger partial charge in [-0.2, -0.15) is 0 Å². The van der Waals surface area contributed by atoms with Gasteiger partial charge in [0.05, 0.1) is 4.99 Å². The molecule has 1 amide bonds. The van der Waals surface area contributed by atoms with Gasteiger partial charge in [0, 0.05) is 26.6 Å². The minimum absolute atomic E-state index is 0.0792. The molecular weight excluding hydrogens is 262 g/mol. The Labute approximate surface area is 108 Å². The largest absolute Gasteiger partial charge is 0.392 e. The summed E-state index contributed by atoms with van der Waals surface area (Å²) in [4.78, 5) is 11.2. The van der Waals surface area contributed by atoms with Crippen LogP contribution in [0.1, 0.15) is 13.8 Å². The number of hydrogen-bond acceptors (Lipinski definition) is 4. The van der Waals surface area contributed by atoms with Crippen LogP contribution in [-0.2, 0) is 14.8 Å². The molecule has 8 heteroatoms. The number of nitrogens with one attached hydrogen (secondary N) is 1. The van der Waals surface area contributed by atoms with Gasteiger partial charge < -0.3 is 11.1 Å². The van der Waals surface area contributed by atoms with Gasteiger partial charge in [-0.1, -0.05) is 19.1 Å². The molecule has 0 aromatic rings. The topological polar surface area (TPSA) is 92.5 Å². The standard InChI is InChI=1S/C9H19N3O3S2/c1-6(9(13)11-3)5-12(4)17(14,15)7(2)8(10)16/h6-7H,5H2,1-4H3,(H2,10,16)(H,11,13). The summed E-state index contributed by atoms with van der Waals surface area (Å²) < 4.78 is 25.0. The zero-order valence-electron chi connectivity index (χ0n) is 10.4. The molecule has 0 spiro atoms.